The van der Waals surface area contributed by atoms with Gasteiger partial charge in [-0.05, 0) is 140 Å². The number of ketones is 2. The Morgan fingerprint density at radius 3 is 2.33 bits per heavy atom. The van der Waals surface area contributed by atoms with Crippen LogP contribution in [0.4, 0.5) is 19.0 Å². The number of nitrogens with two attached hydrogens (primary N) is 1. The zero-order valence-electron chi connectivity index (χ0n) is 52.7. The molecule has 7 heterocycles. The number of aliphatic hydroxyl groups is 3. The maximum Gasteiger partial charge on any atom is 0.573 e. The van der Waals surface area contributed by atoms with Crippen LogP contribution in [0.1, 0.15) is 156 Å². The summed E-state index contributed by atoms with van der Waals surface area (Å²) < 4.78 is 69.4. The molecule has 9 rings (SSSR count). The molecule has 2 bridgehead atoms. The van der Waals surface area contributed by atoms with E-state index in [1.165, 1.54) is 17.2 Å². The molecule has 0 aromatic carbocycles. The molecule has 2 saturated carbocycles. The summed E-state index contributed by atoms with van der Waals surface area (Å²) in [6, 6.07) is 2.16. The van der Waals surface area contributed by atoms with Gasteiger partial charge in [0.2, 0.25) is 11.7 Å². The number of aliphatic hydroxyl groups excluding tert-OH is 2. The maximum atomic E-state index is 14.8. The Morgan fingerprint density at radius 1 is 0.943 bits per heavy atom. The second-order valence-corrected chi connectivity index (χ2v) is 26.9. The molecule has 0 radical (unpaired) electrons. The number of carbonyl (C=O) groups is 5. The van der Waals surface area contributed by atoms with Gasteiger partial charge in [-0.1, -0.05) is 50.5 Å². The van der Waals surface area contributed by atoms with Crippen molar-refractivity contribution in [2.45, 2.75) is 205 Å². The number of piperidine rings is 2. The van der Waals surface area contributed by atoms with Crippen molar-refractivity contribution in [1.29, 1.82) is 0 Å². The van der Waals surface area contributed by atoms with Crippen LogP contribution in [-0.2, 0) is 42.9 Å². The number of amides is 2. The predicted octanol–water partition coefficient (Wildman–Crippen LogP) is 7.73. The molecule has 5 aliphatic heterocycles. The monoisotopic (exact) mass is 1240 g/mol. The quantitative estimate of drug-likeness (QED) is 0.0849. The van der Waals surface area contributed by atoms with Crippen LogP contribution in [0, 0.1) is 47.3 Å². The van der Waals surface area contributed by atoms with Crippen molar-refractivity contribution in [3.8, 4) is 17.0 Å². The van der Waals surface area contributed by atoms with Gasteiger partial charge in [0.25, 0.3) is 11.7 Å². The number of hydrogen-bond acceptors (Lipinski definition) is 17. The molecule has 2 amide bonds. The molecule has 1 unspecified atom stereocenters. The number of aromatic nitrogens is 3. The summed E-state index contributed by atoms with van der Waals surface area (Å²) in [7, 11) is 3.12. The largest absolute Gasteiger partial charge is 0.573 e. The minimum absolute atomic E-state index is 0.00238. The summed E-state index contributed by atoms with van der Waals surface area (Å²) in [5.41, 5.74) is 9.30. The van der Waals surface area contributed by atoms with Gasteiger partial charge in [-0.2, -0.15) is 5.10 Å². The molecule has 2 aromatic rings. The number of hydrogen-bond donors (Lipinski definition) is 4. The number of halogens is 3. The first-order chi connectivity index (χ1) is 41.7. The van der Waals surface area contributed by atoms with Crippen molar-refractivity contribution in [3.63, 3.8) is 0 Å². The highest BCUT2D eigenvalue weighted by molar-refractivity contribution is 6.39. The molecule has 2 aromatic heterocycles. The number of Topliss-reactive ketones (excluding diaryl/α,β-unsaturated/α-hetero) is 2. The van der Waals surface area contributed by atoms with Crippen molar-refractivity contribution in [2.24, 2.45) is 47.3 Å². The smallest absolute Gasteiger partial charge is 0.464 e. The van der Waals surface area contributed by atoms with Gasteiger partial charge in [0, 0.05) is 113 Å². The predicted molar refractivity (Wildman–Crippen MR) is 319 cm³/mol. The van der Waals surface area contributed by atoms with E-state index >= 15 is 0 Å². The zero-order chi connectivity index (χ0) is 63.7. The zero-order valence-corrected chi connectivity index (χ0v) is 52.7. The third-order valence-electron chi connectivity index (χ3n) is 20.7. The Bertz CT molecular complexity index is 2880. The number of methoxy groups -OCH3 is 2. The summed E-state index contributed by atoms with van der Waals surface area (Å²) in [6.45, 7) is 16.1. The normalized spacial score (nSPS) is 35.3. The lowest BCUT2D eigenvalue weighted by atomic mass is 9.78. The number of alkyl halides is 3. The van der Waals surface area contributed by atoms with Crippen LogP contribution >= 0.6 is 0 Å². The minimum Gasteiger partial charge on any atom is -0.464 e. The number of likely N-dealkylation sites (tertiary alicyclic amines) is 2. The minimum atomic E-state index is -4.94. The standard InChI is InChI=1S/C65H94F3N7O13/c1-10-40-15-18-54-56(85-9)24-38(6)64(83,87-54)60(80)62(81)74-20-12-11-13-49(74)63(82)86-34-47(37(5)23-41-14-17-51(76)55(25-41)84-8)39(7)52(77)28-53(78)42(22-36(4)21-40)16-19-58(79)73-30-44(31-73)72-32-45-46(33-72)59(45)50-27-48(71-75(50)35(2)3)43-26-57(61(69)70-29-43)88-65(66,67)68/h22-23,26-27,29,35,38-42,44-47,49,51-52,54-56,59,76-77,83H,10-21,24-25,28,30-34H2,1-9H3,(H2,69,70)/b36-22+,37-23+/t38-,39+,40-,41+,42-,45-,46+,47-,49+,51-,52+,54-,55-,56+,59?,64-/m1/s1. The highest BCUT2D eigenvalue weighted by Crippen LogP contribution is 2.59. The Balaban J connectivity index is 0.899. The lowest BCUT2D eigenvalue weighted by molar-refractivity contribution is -0.287. The molecular formula is C65H94F3N7O13. The summed E-state index contributed by atoms with van der Waals surface area (Å²) in [5, 5.41) is 39.8. The molecule has 6 fully saturated rings. The molecule has 2 aliphatic carbocycles. The fraction of sp³-hybridized carbons (Fsp3) is 0.738. The van der Waals surface area contributed by atoms with Gasteiger partial charge in [-0.15, -0.1) is 13.2 Å². The van der Waals surface area contributed by atoms with Gasteiger partial charge >= 0.3 is 12.3 Å². The SMILES string of the molecule is CC[C@@H]1CC[C@H]2O[C@@](O)(C(=O)C(=O)N3CCCC[C@H]3C(=O)OC[C@H](/C(C)=C/[C@@H]3CC[C@@H](O)[C@H](OC)C3)[C@H](C)[C@@H](O)CC(=O)[C@H](CCC(=O)N3CC(N4C[C@@H]5C(c6cc(-c7cnc(N)c(OC(F)(F)F)c7)nn6C(C)C)[C@@H]5C4)C3)/C=C(\C)C1)[C@H](C)C[C@@H]2OC. The number of carbonyl (C=O) groups excluding carboxylic acids is 5. The highest BCUT2D eigenvalue weighted by Gasteiger charge is 2.60. The Morgan fingerprint density at radius 2 is 1.66 bits per heavy atom. The van der Waals surface area contributed by atoms with Crippen molar-refractivity contribution < 1.29 is 76.1 Å². The van der Waals surface area contributed by atoms with Crippen LogP contribution in [0.25, 0.3) is 11.3 Å². The maximum absolute atomic E-state index is 14.8. The first kappa shape index (κ1) is 67.1. The molecule has 4 saturated heterocycles. The molecule has 23 heteroatoms. The van der Waals surface area contributed by atoms with Crippen molar-refractivity contribution in [2.75, 3.05) is 59.3 Å². The average molecular weight is 1240 g/mol. The molecule has 7 aliphatic rings. The third-order valence-corrected chi connectivity index (χ3v) is 20.7. The molecular weight excluding hydrogens is 1140 g/mol. The second kappa shape index (κ2) is 28.1. The average Bonchev–Trinajstić information content (AvgIpc) is 1.64. The van der Waals surface area contributed by atoms with E-state index in [1.807, 2.05) is 56.3 Å². The van der Waals surface area contributed by atoms with E-state index in [4.69, 9.17) is 29.8 Å². The number of cyclic esters (lactones) is 1. The number of esters is 1. The lowest BCUT2D eigenvalue weighted by Crippen LogP contribution is -2.62. The molecule has 5 N–H and O–H groups in total. The van der Waals surface area contributed by atoms with Crippen LogP contribution in [0.15, 0.2) is 41.6 Å². The number of nitrogen functional groups attached to an aromatic ring is 1. The Kier molecular flexibility index (Phi) is 21.4. The fourth-order valence-electron chi connectivity index (χ4n) is 15.1. The number of ether oxygens (including phenoxy) is 5. The van der Waals surface area contributed by atoms with E-state index in [1.54, 1.807) is 21.1 Å². The second-order valence-electron chi connectivity index (χ2n) is 26.9. The van der Waals surface area contributed by atoms with E-state index in [0.29, 0.717) is 87.5 Å². The first-order valence-electron chi connectivity index (χ1n) is 32.1. The van der Waals surface area contributed by atoms with E-state index in [0.717, 1.165) is 36.4 Å². The van der Waals surface area contributed by atoms with E-state index in [-0.39, 0.29) is 98.7 Å². The van der Waals surface area contributed by atoms with Crippen LogP contribution < -0.4 is 10.5 Å². The van der Waals surface area contributed by atoms with Crippen molar-refractivity contribution in [1.82, 2.24) is 29.5 Å². The third kappa shape index (κ3) is 15.0. The first-order valence-corrected chi connectivity index (χ1v) is 32.1. The van der Waals surface area contributed by atoms with Gasteiger partial charge in [-0.25, -0.2) is 9.78 Å². The number of anilines is 1. The topological polar surface area (TPSA) is 259 Å². The van der Waals surface area contributed by atoms with Gasteiger partial charge in [0.1, 0.15) is 11.8 Å². The van der Waals surface area contributed by atoms with Crippen LogP contribution in [0.3, 0.4) is 0 Å². The highest BCUT2D eigenvalue weighted by atomic mass is 19.4. The number of nitrogens with zero attached hydrogens (tertiary/aromatic N) is 6. The van der Waals surface area contributed by atoms with Crippen LogP contribution in [0.2, 0.25) is 0 Å². The Labute approximate surface area is 515 Å². The van der Waals surface area contributed by atoms with Gasteiger partial charge in [0.15, 0.2) is 11.6 Å². The summed E-state index contributed by atoms with van der Waals surface area (Å²) in [4.78, 5) is 81.4. The lowest BCUT2D eigenvalue weighted by Gasteiger charge is -2.45. The van der Waals surface area contributed by atoms with E-state index in [9.17, 15) is 52.5 Å². The van der Waals surface area contributed by atoms with Crippen molar-refractivity contribution >= 4 is 35.2 Å². The number of rotatable bonds is 13. The van der Waals surface area contributed by atoms with Gasteiger partial charge < -0.3 is 54.5 Å². The molecule has 20 nitrogen and oxygen atoms in total. The number of allylic oxidation sites excluding steroid dienone is 3. The summed E-state index contributed by atoms with van der Waals surface area (Å²) >= 11 is 0. The fourth-order valence-corrected chi connectivity index (χ4v) is 15.1. The van der Waals surface area contributed by atoms with E-state index < -0.39 is 89.7 Å². The molecule has 0 spiro atoms. The summed E-state index contributed by atoms with van der Waals surface area (Å²) in [5.74, 6) is -8.38. The number of fused-ring (bicyclic) bond motifs is 4. The molecule has 88 heavy (non-hydrogen) atoms. The van der Waals surface area contributed by atoms with E-state index in [2.05, 4.69) is 27.6 Å². The number of pyridine rings is 1. The van der Waals surface area contributed by atoms with Crippen LogP contribution in [-0.4, -0.2) is 182 Å². The van der Waals surface area contributed by atoms with Crippen molar-refractivity contribution in [3.05, 3.63) is 47.3 Å². The van der Waals surface area contributed by atoms with Crippen LogP contribution in [0.5, 0.6) is 5.75 Å². The molecule has 488 valence electrons. The molecule has 16 atom stereocenters. The van der Waals surface area contributed by atoms with Gasteiger partial charge in [-0.3, -0.25) is 28.8 Å². The van der Waals surface area contributed by atoms with Gasteiger partial charge in [0.05, 0.1) is 42.8 Å². The Hall–Kier alpha value is -5.30. The summed E-state index contributed by atoms with van der Waals surface area (Å²) in [6.07, 6.45) is 2.85.